The monoisotopic (exact) mass is 360 g/mol. The summed E-state index contributed by atoms with van der Waals surface area (Å²) >= 11 is 0. The molecule has 2 rings (SSSR count). The highest BCUT2D eigenvalue weighted by Crippen LogP contribution is 2.29. The molecule has 144 valence electrons. The minimum absolute atomic E-state index is 0. The highest BCUT2D eigenvalue weighted by atomic mass is 16.7. The summed E-state index contributed by atoms with van der Waals surface area (Å²) in [6, 6.07) is 0. The number of rotatable bonds is 4. The highest BCUT2D eigenvalue weighted by Gasteiger charge is 2.52. The normalized spacial score (nSPS) is 49.5. The molecular weight excluding hydrogens is 336 g/mol. The lowest BCUT2D eigenvalue weighted by Gasteiger charge is -2.46. The predicted octanol–water partition coefficient (Wildman–Crippen LogP) is -6.22. The van der Waals surface area contributed by atoms with Gasteiger partial charge < -0.3 is 60.5 Å². The Labute approximate surface area is 136 Å². The first kappa shape index (κ1) is 21.6. The first-order valence-corrected chi connectivity index (χ1v) is 7.04. The second-order valence-corrected chi connectivity index (χ2v) is 5.62. The first-order valence-electron chi connectivity index (χ1n) is 7.04. The van der Waals surface area contributed by atoms with Gasteiger partial charge in [0.15, 0.2) is 6.29 Å². The van der Waals surface area contributed by atoms with Crippen molar-refractivity contribution in [3.05, 3.63) is 0 Å². The van der Waals surface area contributed by atoms with Crippen molar-refractivity contribution >= 4 is 0 Å². The Hall–Kier alpha value is -0.480. The molecule has 0 spiro atoms. The maximum absolute atomic E-state index is 10.00. The fourth-order valence-electron chi connectivity index (χ4n) is 2.52. The van der Waals surface area contributed by atoms with E-state index < -0.39 is 74.6 Å². The van der Waals surface area contributed by atoms with Gasteiger partial charge in [-0.1, -0.05) is 0 Å². The summed E-state index contributed by atoms with van der Waals surface area (Å²) in [5, 5.41) is 77.1. The van der Waals surface area contributed by atoms with E-state index in [1.165, 1.54) is 0 Å². The van der Waals surface area contributed by atoms with Crippen LogP contribution in [-0.2, 0) is 14.2 Å². The van der Waals surface area contributed by atoms with Crippen molar-refractivity contribution in [3.63, 3.8) is 0 Å². The molecule has 2 saturated heterocycles. The summed E-state index contributed by atoms with van der Waals surface area (Å²) in [6.45, 7) is -2.13. The third kappa shape index (κ3) is 3.85. The van der Waals surface area contributed by atoms with E-state index in [0.29, 0.717) is 0 Å². The Kier molecular flexibility index (Phi) is 7.43. The van der Waals surface area contributed by atoms with Crippen LogP contribution in [0.25, 0.3) is 0 Å². The van der Waals surface area contributed by atoms with Gasteiger partial charge >= 0.3 is 0 Å². The van der Waals surface area contributed by atoms with Crippen LogP contribution in [0.3, 0.4) is 0 Å². The van der Waals surface area contributed by atoms with Gasteiger partial charge in [0.2, 0.25) is 5.79 Å². The van der Waals surface area contributed by atoms with Gasteiger partial charge in [-0.15, -0.1) is 0 Å². The van der Waals surface area contributed by atoms with E-state index in [1.54, 1.807) is 0 Å². The van der Waals surface area contributed by atoms with Gasteiger partial charge in [-0.05, 0) is 0 Å². The molecule has 0 aromatic heterocycles. The third-order valence-corrected chi connectivity index (χ3v) is 4.02. The average Bonchev–Trinajstić information content (AvgIpc) is 2.55. The van der Waals surface area contributed by atoms with Gasteiger partial charge in [-0.3, -0.25) is 0 Å². The molecule has 0 amide bonds. The lowest BCUT2D eigenvalue weighted by atomic mass is 9.96. The van der Waals surface area contributed by atoms with E-state index in [0.717, 1.165) is 0 Å². The maximum Gasteiger partial charge on any atom is 0.218 e. The molecule has 2 aliphatic heterocycles. The molecule has 9 atom stereocenters. The molecule has 10 N–H and O–H groups in total. The lowest BCUT2D eigenvalue weighted by molar-refractivity contribution is -0.373. The number of aliphatic hydroxyl groups excluding tert-OH is 7. The number of hydrogen-bond acceptors (Lipinski definition) is 11. The standard InChI is InChI=1S/C12H22O11.H2O/c13-1-5-6(16)7(17)8(18)11(22-5)23-9-4(15)2-21-12(20,3-14)10(9)19;/h4-11,13-20H,1-3H2;1H2/t4-,5-,6-,7+,8-,9+,10+,11-,12+;/m1./s1. The van der Waals surface area contributed by atoms with E-state index >= 15 is 0 Å². The summed E-state index contributed by atoms with van der Waals surface area (Å²) in [5.74, 6) is -2.38. The number of aliphatic hydroxyl groups is 8. The second-order valence-electron chi connectivity index (χ2n) is 5.62. The Balaban J connectivity index is 0.00000288. The summed E-state index contributed by atoms with van der Waals surface area (Å²) in [7, 11) is 0. The summed E-state index contributed by atoms with van der Waals surface area (Å²) in [4.78, 5) is 0. The molecule has 0 aromatic carbocycles. The van der Waals surface area contributed by atoms with Gasteiger partial charge in [-0.25, -0.2) is 0 Å². The van der Waals surface area contributed by atoms with Crippen molar-refractivity contribution in [1.82, 2.24) is 0 Å². The Bertz CT molecular complexity index is 394. The van der Waals surface area contributed by atoms with E-state index in [-0.39, 0.29) is 5.48 Å². The molecule has 0 aromatic rings. The van der Waals surface area contributed by atoms with Crippen molar-refractivity contribution in [3.8, 4) is 0 Å². The van der Waals surface area contributed by atoms with E-state index in [1.807, 2.05) is 0 Å². The van der Waals surface area contributed by atoms with Crippen molar-refractivity contribution in [2.75, 3.05) is 19.8 Å². The van der Waals surface area contributed by atoms with Crippen LogP contribution in [0.4, 0.5) is 0 Å². The largest absolute Gasteiger partial charge is 0.412 e. The lowest BCUT2D eigenvalue weighted by Crippen LogP contribution is -2.66. The zero-order valence-corrected chi connectivity index (χ0v) is 12.5. The van der Waals surface area contributed by atoms with Crippen LogP contribution in [0.5, 0.6) is 0 Å². The molecule has 0 saturated carbocycles. The van der Waals surface area contributed by atoms with Gasteiger partial charge in [0.05, 0.1) is 19.8 Å². The summed E-state index contributed by atoms with van der Waals surface area (Å²) < 4.78 is 15.1. The smallest absolute Gasteiger partial charge is 0.218 e. The second kappa shape index (κ2) is 8.27. The van der Waals surface area contributed by atoms with Gasteiger partial charge in [0.1, 0.15) is 42.7 Å². The van der Waals surface area contributed by atoms with Crippen LogP contribution in [0.2, 0.25) is 0 Å². The van der Waals surface area contributed by atoms with E-state index in [9.17, 15) is 30.6 Å². The van der Waals surface area contributed by atoms with Crippen LogP contribution in [-0.4, -0.2) is 121 Å². The highest BCUT2D eigenvalue weighted by molar-refractivity contribution is 4.95. The Morgan fingerprint density at radius 1 is 1.00 bits per heavy atom. The van der Waals surface area contributed by atoms with Crippen LogP contribution in [0.1, 0.15) is 0 Å². The zero-order chi connectivity index (χ0) is 17.4. The fraction of sp³-hybridized carbons (Fsp3) is 1.00. The van der Waals surface area contributed by atoms with E-state index in [4.69, 9.17) is 24.4 Å². The SMILES string of the molecule is O.OC[C@H]1O[C@H](O[C@H]2[C@H](O)CO[C@@](O)(CO)[C@H]2O)[C@H](O)[C@@H](O)[C@@H]1O. The van der Waals surface area contributed by atoms with Crippen LogP contribution >= 0.6 is 0 Å². The zero-order valence-electron chi connectivity index (χ0n) is 12.5. The Morgan fingerprint density at radius 3 is 2.17 bits per heavy atom. The molecule has 2 heterocycles. The third-order valence-electron chi connectivity index (χ3n) is 4.02. The number of hydrogen-bond donors (Lipinski definition) is 8. The summed E-state index contributed by atoms with van der Waals surface area (Å²) in [6.07, 6.45) is -12.7. The quantitative estimate of drug-likeness (QED) is 0.235. The van der Waals surface area contributed by atoms with E-state index in [2.05, 4.69) is 0 Å². The molecule has 0 aliphatic carbocycles. The summed E-state index contributed by atoms with van der Waals surface area (Å²) in [5.41, 5.74) is 0. The van der Waals surface area contributed by atoms with Gasteiger partial charge in [0.25, 0.3) is 0 Å². The first-order chi connectivity index (χ1) is 10.7. The van der Waals surface area contributed by atoms with Gasteiger partial charge in [0, 0.05) is 0 Å². The van der Waals surface area contributed by atoms with Crippen molar-refractivity contribution < 1.29 is 60.5 Å². The molecule has 0 bridgehead atoms. The van der Waals surface area contributed by atoms with Crippen LogP contribution in [0, 0.1) is 0 Å². The maximum atomic E-state index is 10.00. The molecule has 0 radical (unpaired) electrons. The van der Waals surface area contributed by atoms with Gasteiger partial charge in [-0.2, -0.15) is 0 Å². The predicted molar refractivity (Wildman–Crippen MR) is 72.3 cm³/mol. The molecule has 12 nitrogen and oxygen atoms in total. The number of ether oxygens (including phenoxy) is 3. The molecule has 0 unspecified atom stereocenters. The molecule has 12 heteroatoms. The van der Waals surface area contributed by atoms with Crippen LogP contribution < -0.4 is 0 Å². The average molecular weight is 360 g/mol. The molecule has 2 fully saturated rings. The molecule has 24 heavy (non-hydrogen) atoms. The minimum atomic E-state index is -2.38. The molecule has 2 aliphatic rings. The van der Waals surface area contributed by atoms with Crippen molar-refractivity contribution in [2.45, 2.75) is 54.8 Å². The topological polar surface area (TPSA) is 221 Å². The Morgan fingerprint density at radius 2 is 1.62 bits per heavy atom. The van der Waals surface area contributed by atoms with Crippen molar-refractivity contribution in [1.29, 1.82) is 0 Å². The minimum Gasteiger partial charge on any atom is -0.412 e. The van der Waals surface area contributed by atoms with Crippen LogP contribution in [0.15, 0.2) is 0 Å². The fourth-order valence-corrected chi connectivity index (χ4v) is 2.52. The van der Waals surface area contributed by atoms with Crippen molar-refractivity contribution in [2.24, 2.45) is 0 Å². The molecular formula is C12H24O12.